The molecule has 0 spiro atoms. The van der Waals surface area contributed by atoms with Crippen LogP contribution < -0.4 is 3.84 Å². The molecule has 0 aliphatic carbocycles. The van der Waals surface area contributed by atoms with Crippen LogP contribution in [0.5, 0.6) is 0 Å². The predicted molar refractivity (Wildman–Crippen MR) is 75.3 cm³/mol. The molecule has 0 amide bonds. The van der Waals surface area contributed by atoms with Gasteiger partial charge in [-0.3, -0.25) is 0 Å². The topological polar surface area (TPSA) is 52.1 Å². The summed E-state index contributed by atoms with van der Waals surface area (Å²) in [5.41, 5.74) is 0.179. The molecular formula is C11H15ClN2O2SSn. The van der Waals surface area contributed by atoms with E-state index in [1.165, 1.54) is 18.9 Å². The van der Waals surface area contributed by atoms with Crippen molar-refractivity contribution in [1.82, 2.24) is 9.97 Å². The average molecular weight is 393 g/mol. The number of hydrogen-bond acceptors (Lipinski definition) is 5. The second kappa shape index (κ2) is 6.43. The fraction of sp³-hybridized carbons (Fsp3) is 0.545. The van der Waals surface area contributed by atoms with Gasteiger partial charge in [-0.05, 0) is 0 Å². The van der Waals surface area contributed by atoms with Gasteiger partial charge in [0.05, 0.1) is 0 Å². The maximum absolute atomic E-state index is 11.6. The van der Waals surface area contributed by atoms with Crippen LogP contribution in [0, 0.1) is 0 Å². The van der Waals surface area contributed by atoms with Crippen LogP contribution in [-0.2, 0) is 4.74 Å². The van der Waals surface area contributed by atoms with Gasteiger partial charge in [-0.15, -0.1) is 0 Å². The molecule has 1 aromatic heterocycles. The van der Waals surface area contributed by atoms with Crippen LogP contribution in [0.15, 0.2) is 5.03 Å². The zero-order valence-electron chi connectivity index (χ0n) is 11.0. The molecule has 0 saturated heterocycles. The van der Waals surface area contributed by atoms with Crippen LogP contribution in [0.2, 0.25) is 8.45 Å². The molecule has 0 aliphatic heterocycles. The molecule has 0 aromatic carbocycles. The molecule has 1 rings (SSSR count). The summed E-state index contributed by atoms with van der Waals surface area (Å²) >= 11 is 6.53. The first-order chi connectivity index (χ1) is 8.28. The van der Waals surface area contributed by atoms with Crippen LogP contribution in [0.1, 0.15) is 31.3 Å². The number of rotatable bonds is 3. The van der Waals surface area contributed by atoms with E-state index in [1.807, 2.05) is 6.26 Å². The number of ether oxygens (including phenoxy) is 1. The van der Waals surface area contributed by atoms with Crippen molar-refractivity contribution in [2.24, 2.45) is 0 Å². The minimum atomic E-state index is -0.985. The summed E-state index contributed by atoms with van der Waals surface area (Å²) < 4.78 is 5.68. The number of carbonyl (C=O) groups is 1. The third kappa shape index (κ3) is 4.27. The van der Waals surface area contributed by atoms with Crippen LogP contribution in [0.25, 0.3) is 0 Å². The monoisotopic (exact) mass is 394 g/mol. The van der Waals surface area contributed by atoms with Crippen LogP contribution in [0.4, 0.5) is 0 Å². The molecule has 2 radical (unpaired) electrons. The molecule has 18 heavy (non-hydrogen) atoms. The number of halogens is 1. The van der Waals surface area contributed by atoms with E-state index in [0.29, 0.717) is 5.03 Å². The summed E-state index contributed by atoms with van der Waals surface area (Å²) in [6, 6.07) is 0. The summed E-state index contributed by atoms with van der Waals surface area (Å²) in [4.78, 5) is 20.4. The van der Waals surface area contributed by atoms with Gasteiger partial charge in [0.15, 0.2) is 0 Å². The Bertz CT molecular complexity index is 463. The number of aromatic nitrogens is 2. The van der Waals surface area contributed by atoms with Crippen molar-refractivity contribution in [2.75, 3.05) is 13.4 Å². The summed E-state index contributed by atoms with van der Waals surface area (Å²) in [5, 5.41) is 0.929. The summed E-state index contributed by atoms with van der Waals surface area (Å²) in [6.07, 6.45) is 1.88. The molecule has 98 valence electrons. The number of methoxy groups -OCH3 is 1. The Kier molecular flexibility index (Phi) is 5.73. The molecule has 0 saturated carbocycles. The molecule has 0 atom stereocenters. The third-order valence-electron chi connectivity index (χ3n) is 1.88. The van der Waals surface area contributed by atoms with Gasteiger partial charge < -0.3 is 0 Å². The van der Waals surface area contributed by atoms with Gasteiger partial charge in [0.25, 0.3) is 0 Å². The first kappa shape index (κ1) is 16.0. The van der Waals surface area contributed by atoms with Gasteiger partial charge in [0.1, 0.15) is 0 Å². The number of nitrogens with zero attached hydrogens (tertiary/aromatic N) is 2. The van der Waals surface area contributed by atoms with Crippen molar-refractivity contribution in [3.63, 3.8) is 0 Å². The molecule has 1 heterocycles. The van der Waals surface area contributed by atoms with Crippen molar-refractivity contribution >= 4 is 54.3 Å². The summed E-state index contributed by atoms with van der Waals surface area (Å²) in [5.74, 6) is -0.507. The van der Waals surface area contributed by atoms with Gasteiger partial charge in [-0.2, -0.15) is 0 Å². The SMILES string of the molecule is COC(=O)c1n[c]([Sn][C](C)(C)C)nc(SC)c1Cl. The molecule has 0 unspecified atom stereocenters. The first-order valence-electron chi connectivity index (χ1n) is 5.26. The van der Waals surface area contributed by atoms with Crippen LogP contribution in [0.3, 0.4) is 0 Å². The Morgan fingerprint density at radius 2 is 2.00 bits per heavy atom. The number of hydrogen-bond donors (Lipinski definition) is 0. The van der Waals surface area contributed by atoms with E-state index in [9.17, 15) is 4.79 Å². The maximum atomic E-state index is 11.6. The fourth-order valence-electron chi connectivity index (χ4n) is 1.19. The van der Waals surface area contributed by atoms with E-state index < -0.39 is 27.1 Å². The molecular weight excluding hydrogens is 378 g/mol. The number of esters is 1. The molecule has 4 nitrogen and oxygen atoms in total. The second-order valence-electron chi connectivity index (χ2n) is 4.59. The Hall–Kier alpha value is -0.0113. The van der Waals surface area contributed by atoms with Gasteiger partial charge >= 0.3 is 127 Å². The molecule has 7 heteroatoms. The minimum absolute atomic E-state index is 0.179. The van der Waals surface area contributed by atoms with E-state index in [1.54, 1.807) is 0 Å². The quantitative estimate of drug-likeness (QED) is 0.341. The summed E-state index contributed by atoms with van der Waals surface area (Å²) in [6.45, 7) is 6.48. The number of carbonyl (C=O) groups excluding carboxylic acids is 1. The molecule has 1 aromatic rings. The van der Waals surface area contributed by atoms with E-state index in [2.05, 4.69) is 30.7 Å². The molecule has 0 bridgehead atoms. The Morgan fingerprint density at radius 1 is 1.39 bits per heavy atom. The van der Waals surface area contributed by atoms with Crippen molar-refractivity contribution < 1.29 is 9.53 Å². The summed E-state index contributed by atoms with van der Waals surface area (Å²) in [7, 11) is 1.32. The zero-order chi connectivity index (χ0) is 13.9. The standard InChI is InChI=1S/C7H6ClN2O2S.C4H9.Sn/c1-12-7(11)5-4(8)6(13-2)10-3-9-5;1-4(2)3;/h1-2H3;1-3H3;. The fourth-order valence-corrected chi connectivity index (χ4v) is 5.13. The van der Waals surface area contributed by atoms with E-state index in [4.69, 9.17) is 16.3 Å². The Labute approximate surface area is 126 Å². The second-order valence-corrected chi connectivity index (χ2v) is 12.0. The van der Waals surface area contributed by atoms with E-state index >= 15 is 0 Å². The van der Waals surface area contributed by atoms with Gasteiger partial charge in [0.2, 0.25) is 0 Å². The van der Waals surface area contributed by atoms with Gasteiger partial charge in [0, 0.05) is 0 Å². The van der Waals surface area contributed by atoms with Crippen molar-refractivity contribution in [2.45, 2.75) is 29.2 Å². The third-order valence-corrected chi connectivity index (χ3v) is 6.45. The molecule has 0 fully saturated rings. The zero-order valence-corrected chi connectivity index (χ0v) is 15.4. The first-order valence-corrected chi connectivity index (χ1v) is 9.72. The van der Waals surface area contributed by atoms with E-state index in [0.717, 1.165) is 3.84 Å². The molecule has 0 N–H and O–H groups in total. The Morgan fingerprint density at radius 3 is 2.44 bits per heavy atom. The number of thioether (sulfide) groups is 1. The van der Waals surface area contributed by atoms with Gasteiger partial charge in [-0.25, -0.2) is 0 Å². The predicted octanol–water partition coefficient (Wildman–Crippen LogP) is 2.19. The van der Waals surface area contributed by atoms with Crippen molar-refractivity contribution in [3.05, 3.63) is 10.7 Å². The molecule has 0 aliphatic rings. The average Bonchev–Trinajstić information content (AvgIpc) is 2.28. The van der Waals surface area contributed by atoms with Crippen LogP contribution in [-0.4, -0.2) is 50.4 Å². The van der Waals surface area contributed by atoms with Crippen molar-refractivity contribution in [1.29, 1.82) is 0 Å². The normalized spacial score (nSPS) is 11.4. The van der Waals surface area contributed by atoms with Crippen LogP contribution >= 0.6 is 23.4 Å². The van der Waals surface area contributed by atoms with Gasteiger partial charge in [-0.1, -0.05) is 0 Å². The van der Waals surface area contributed by atoms with E-state index in [-0.39, 0.29) is 14.1 Å². The van der Waals surface area contributed by atoms with Crippen molar-refractivity contribution in [3.8, 4) is 0 Å². The Balaban J connectivity index is 3.26.